The topological polar surface area (TPSA) is 28.8 Å². The molecule has 0 radical (unpaired) electrons. The van der Waals surface area contributed by atoms with Gasteiger partial charge in [0.05, 0.1) is 26.2 Å². The van der Waals surface area contributed by atoms with Crippen molar-refractivity contribution in [1.82, 2.24) is 5.32 Å². The first kappa shape index (κ1) is 12.8. The summed E-state index contributed by atoms with van der Waals surface area (Å²) < 4.78 is 0. The third-order valence-electron chi connectivity index (χ3n) is 2.79. The van der Waals surface area contributed by atoms with Crippen molar-refractivity contribution < 1.29 is 4.90 Å². The van der Waals surface area contributed by atoms with E-state index < -0.39 is 0 Å². The van der Waals surface area contributed by atoms with Crippen LogP contribution in [0, 0.1) is 0 Å². The van der Waals surface area contributed by atoms with Crippen LogP contribution in [0.3, 0.4) is 0 Å². The van der Waals surface area contributed by atoms with Crippen LogP contribution >= 0.6 is 11.8 Å². The molecule has 0 aromatic carbocycles. The lowest BCUT2D eigenvalue weighted by molar-refractivity contribution is -0.896. The minimum absolute atomic E-state index is 0.668. The Morgan fingerprint density at radius 2 is 2.20 bits per heavy atom. The highest BCUT2D eigenvalue weighted by Crippen LogP contribution is 2.17. The van der Waals surface area contributed by atoms with E-state index in [0.717, 1.165) is 18.3 Å². The third-order valence-corrected chi connectivity index (χ3v) is 3.84. The maximum atomic E-state index is 4.44. The summed E-state index contributed by atoms with van der Waals surface area (Å²) in [5.41, 5.74) is 0. The van der Waals surface area contributed by atoms with Gasteiger partial charge in [0.2, 0.25) is 0 Å². The van der Waals surface area contributed by atoms with Gasteiger partial charge in [-0.1, -0.05) is 18.7 Å². The molecule has 0 aliphatic carbocycles. The summed E-state index contributed by atoms with van der Waals surface area (Å²) in [6, 6.07) is 0. The monoisotopic (exact) mass is 230 g/mol. The van der Waals surface area contributed by atoms with Gasteiger partial charge >= 0.3 is 0 Å². The largest absolute Gasteiger partial charge is 0.365 e. The van der Waals surface area contributed by atoms with Crippen LogP contribution in [-0.4, -0.2) is 43.1 Å². The predicted molar refractivity (Wildman–Crippen MR) is 68.9 cm³/mol. The maximum Gasteiger partial charge on any atom is 0.156 e. The van der Waals surface area contributed by atoms with Crippen molar-refractivity contribution in [3.05, 3.63) is 0 Å². The van der Waals surface area contributed by atoms with E-state index in [-0.39, 0.29) is 0 Å². The first-order valence-corrected chi connectivity index (χ1v) is 6.92. The van der Waals surface area contributed by atoms with Crippen LogP contribution in [-0.2, 0) is 0 Å². The number of amidine groups is 1. The zero-order valence-corrected chi connectivity index (χ0v) is 11.0. The smallest absolute Gasteiger partial charge is 0.156 e. The van der Waals surface area contributed by atoms with Crippen molar-refractivity contribution in [3.63, 3.8) is 0 Å². The lowest BCUT2D eigenvalue weighted by atomic mass is 10.3. The van der Waals surface area contributed by atoms with Crippen LogP contribution in [0.4, 0.5) is 0 Å². The number of thioether (sulfide) groups is 1. The maximum absolute atomic E-state index is 4.44. The predicted octanol–water partition coefficient (Wildman–Crippen LogP) is 0.382. The number of quaternary nitrogens is 1. The quantitative estimate of drug-likeness (QED) is 0.646. The van der Waals surface area contributed by atoms with Gasteiger partial charge in [0, 0.05) is 18.2 Å². The molecule has 1 rings (SSSR count). The highest BCUT2D eigenvalue weighted by Gasteiger charge is 2.13. The first-order chi connectivity index (χ1) is 7.26. The van der Waals surface area contributed by atoms with Crippen molar-refractivity contribution in [2.24, 2.45) is 4.99 Å². The van der Waals surface area contributed by atoms with Gasteiger partial charge in [-0.05, 0) is 13.8 Å². The molecule has 0 saturated heterocycles. The van der Waals surface area contributed by atoms with E-state index in [9.17, 15) is 0 Å². The van der Waals surface area contributed by atoms with Crippen LogP contribution in [0.1, 0.15) is 27.2 Å². The van der Waals surface area contributed by atoms with Crippen LogP contribution < -0.4 is 10.2 Å². The number of nitrogens with zero attached hydrogens (tertiary/aromatic N) is 1. The molecular formula is C11H24N3S+. The van der Waals surface area contributed by atoms with Crippen LogP contribution in [0.15, 0.2) is 4.99 Å². The number of aliphatic imine (C=N–C) groups is 1. The summed E-state index contributed by atoms with van der Waals surface area (Å²) in [7, 11) is 0. The molecule has 0 bridgehead atoms. The molecule has 88 valence electrons. The van der Waals surface area contributed by atoms with Crippen molar-refractivity contribution >= 4 is 16.9 Å². The standard InChI is InChI=1S/C11H23N3S/c1-4-14(5-2)8-6-7-12-11-13-9-10(3)15-11/h10H,4-9H2,1-3H3,(H,12,13)/p+1/t10-/m1/s1. The Kier molecular flexibility index (Phi) is 6.10. The fourth-order valence-corrected chi connectivity index (χ4v) is 2.58. The second kappa shape index (κ2) is 7.12. The Morgan fingerprint density at radius 3 is 2.73 bits per heavy atom. The molecule has 15 heavy (non-hydrogen) atoms. The van der Waals surface area contributed by atoms with Crippen molar-refractivity contribution in [2.75, 3.05) is 32.7 Å². The molecule has 1 heterocycles. The van der Waals surface area contributed by atoms with Gasteiger partial charge in [-0.15, -0.1) is 0 Å². The Morgan fingerprint density at radius 1 is 1.47 bits per heavy atom. The molecule has 0 saturated carbocycles. The van der Waals surface area contributed by atoms with E-state index >= 15 is 0 Å². The number of rotatable bonds is 6. The van der Waals surface area contributed by atoms with E-state index in [0.29, 0.717) is 5.25 Å². The summed E-state index contributed by atoms with van der Waals surface area (Å²) in [4.78, 5) is 6.12. The Bertz CT molecular complexity index is 202. The first-order valence-electron chi connectivity index (χ1n) is 6.04. The highest BCUT2D eigenvalue weighted by atomic mass is 32.2. The fourth-order valence-electron chi connectivity index (χ4n) is 1.71. The molecular weight excluding hydrogens is 206 g/mol. The van der Waals surface area contributed by atoms with Gasteiger partial charge in [-0.3, -0.25) is 4.99 Å². The second-order valence-electron chi connectivity index (χ2n) is 4.06. The van der Waals surface area contributed by atoms with Crippen molar-refractivity contribution in [1.29, 1.82) is 0 Å². The molecule has 0 aromatic heterocycles. The minimum Gasteiger partial charge on any atom is -0.365 e. The number of hydrogen-bond acceptors (Lipinski definition) is 3. The number of hydrogen-bond donors (Lipinski definition) is 2. The Labute approximate surface area is 97.7 Å². The fraction of sp³-hybridized carbons (Fsp3) is 0.909. The molecule has 0 unspecified atom stereocenters. The third kappa shape index (κ3) is 4.89. The van der Waals surface area contributed by atoms with E-state index in [4.69, 9.17) is 0 Å². The average Bonchev–Trinajstić information content (AvgIpc) is 2.65. The summed E-state index contributed by atoms with van der Waals surface area (Å²) in [6.07, 6.45) is 1.24. The lowest BCUT2D eigenvalue weighted by Gasteiger charge is -2.15. The van der Waals surface area contributed by atoms with Crippen LogP contribution in [0.25, 0.3) is 0 Å². The van der Waals surface area contributed by atoms with Crippen LogP contribution in [0.5, 0.6) is 0 Å². The van der Waals surface area contributed by atoms with E-state index in [1.807, 2.05) is 11.8 Å². The van der Waals surface area contributed by atoms with Crippen LogP contribution in [0.2, 0.25) is 0 Å². The summed E-state index contributed by atoms with van der Waals surface area (Å²) in [5, 5.41) is 5.23. The SMILES string of the molecule is CC[NH+](CC)CCCNC1=NC[C@@H](C)S1. The molecule has 1 aliphatic rings. The van der Waals surface area contributed by atoms with Gasteiger partial charge in [-0.2, -0.15) is 0 Å². The zero-order chi connectivity index (χ0) is 11.1. The van der Waals surface area contributed by atoms with Gasteiger partial charge in [0.25, 0.3) is 0 Å². The highest BCUT2D eigenvalue weighted by molar-refractivity contribution is 8.14. The van der Waals surface area contributed by atoms with Gasteiger partial charge in [0.1, 0.15) is 0 Å². The molecule has 1 aliphatic heterocycles. The van der Waals surface area contributed by atoms with Crippen molar-refractivity contribution in [3.8, 4) is 0 Å². The Hall–Kier alpha value is -0.220. The molecule has 4 heteroatoms. The zero-order valence-electron chi connectivity index (χ0n) is 10.2. The van der Waals surface area contributed by atoms with E-state index in [2.05, 4.69) is 31.1 Å². The molecule has 0 aromatic rings. The lowest BCUT2D eigenvalue weighted by Crippen LogP contribution is -3.11. The van der Waals surface area contributed by atoms with Crippen molar-refractivity contribution in [2.45, 2.75) is 32.4 Å². The summed E-state index contributed by atoms with van der Waals surface area (Å²) in [6.45, 7) is 12.5. The molecule has 3 nitrogen and oxygen atoms in total. The second-order valence-corrected chi connectivity index (χ2v) is 5.49. The van der Waals surface area contributed by atoms with Gasteiger partial charge in [-0.25, -0.2) is 0 Å². The molecule has 0 spiro atoms. The Balaban J connectivity index is 2.02. The minimum atomic E-state index is 0.668. The van der Waals surface area contributed by atoms with E-state index in [1.165, 1.54) is 26.1 Å². The normalized spacial score (nSPS) is 20.8. The molecule has 2 N–H and O–H groups in total. The van der Waals surface area contributed by atoms with Gasteiger partial charge < -0.3 is 10.2 Å². The number of nitrogens with one attached hydrogen (secondary N) is 2. The van der Waals surface area contributed by atoms with E-state index in [1.54, 1.807) is 4.90 Å². The summed E-state index contributed by atoms with van der Waals surface area (Å²) >= 11 is 1.87. The molecule has 1 atom stereocenters. The average molecular weight is 230 g/mol. The van der Waals surface area contributed by atoms with Gasteiger partial charge in [0.15, 0.2) is 5.17 Å². The molecule has 0 fully saturated rings. The summed E-state index contributed by atoms with van der Waals surface area (Å²) in [5.74, 6) is 0. The molecule has 0 amide bonds.